The second kappa shape index (κ2) is 8.04. The van der Waals surface area contributed by atoms with Crippen LogP contribution in [0.5, 0.6) is 11.5 Å². The molecule has 2 aromatic heterocycles. The molecule has 30 heavy (non-hydrogen) atoms. The molecule has 3 heterocycles. The average Bonchev–Trinajstić information content (AvgIpc) is 3.19. The lowest BCUT2D eigenvalue weighted by atomic mass is 10.2. The molecular weight excluding hydrogens is 466 g/mol. The highest BCUT2D eigenvalue weighted by molar-refractivity contribution is 9.10. The summed E-state index contributed by atoms with van der Waals surface area (Å²) in [5.74, 6) is 1.27. The normalized spacial score (nSPS) is 12.7. The number of carbonyl (C=O) groups excluding carboxylic acids is 1. The van der Waals surface area contributed by atoms with Gasteiger partial charge in [0.25, 0.3) is 5.91 Å². The van der Waals surface area contributed by atoms with Crippen LogP contribution in [-0.4, -0.2) is 29.1 Å². The van der Waals surface area contributed by atoms with Crippen molar-refractivity contribution in [3.8, 4) is 11.5 Å². The molecule has 8 heteroatoms. The Morgan fingerprint density at radius 2 is 1.87 bits per heavy atom. The van der Waals surface area contributed by atoms with Crippen LogP contribution >= 0.6 is 27.3 Å². The predicted octanol–water partition coefficient (Wildman–Crippen LogP) is 5.07. The number of halogens is 1. The Balaban J connectivity index is 1.56. The number of nitrogens with zero attached hydrogens (tertiary/aromatic N) is 3. The second-order valence-corrected chi connectivity index (χ2v) is 8.64. The lowest BCUT2D eigenvalue weighted by Gasteiger charge is -2.20. The first kappa shape index (κ1) is 19.0. The predicted molar refractivity (Wildman–Crippen MR) is 120 cm³/mol. The van der Waals surface area contributed by atoms with E-state index in [-0.39, 0.29) is 5.91 Å². The topological polar surface area (TPSA) is 64.6 Å². The number of rotatable bonds is 4. The first-order valence-corrected chi connectivity index (χ1v) is 10.9. The molecule has 0 aliphatic carbocycles. The van der Waals surface area contributed by atoms with E-state index in [0.29, 0.717) is 42.0 Å². The van der Waals surface area contributed by atoms with Crippen molar-refractivity contribution in [2.24, 2.45) is 0 Å². The Labute approximate surface area is 185 Å². The molecule has 0 spiro atoms. The van der Waals surface area contributed by atoms with Crippen LogP contribution in [0.4, 0.5) is 5.13 Å². The molecule has 4 aromatic rings. The molecule has 0 atom stereocenters. The van der Waals surface area contributed by atoms with Crippen LogP contribution in [0.15, 0.2) is 65.4 Å². The summed E-state index contributed by atoms with van der Waals surface area (Å²) in [5.41, 5.74) is 2.29. The number of anilines is 1. The molecule has 2 aromatic carbocycles. The summed E-state index contributed by atoms with van der Waals surface area (Å²) in [6.07, 6.45) is 3.47. The van der Waals surface area contributed by atoms with Crippen LogP contribution in [0.3, 0.4) is 0 Å². The van der Waals surface area contributed by atoms with E-state index in [1.807, 2.05) is 36.4 Å². The number of pyridine rings is 1. The van der Waals surface area contributed by atoms with Gasteiger partial charge in [-0.3, -0.25) is 14.7 Å². The van der Waals surface area contributed by atoms with Gasteiger partial charge in [-0.25, -0.2) is 4.98 Å². The van der Waals surface area contributed by atoms with E-state index in [1.165, 1.54) is 11.3 Å². The van der Waals surface area contributed by atoms with Gasteiger partial charge in [0.15, 0.2) is 16.6 Å². The highest BCUT2D eigenvalue weighted by Crippen LogP contribution is 2.39. The standard InChI is InChI=1S/C22H16BrN3O3S/c23-16-5-3-15(4-6-16)21(27)26(13-14-2-1-7-24-12-14)22-25-17-10-18-19(11-20(17)30-22)29-9-8-28-18/h1-7,10-12H,8-9,13H2. The zero-order valence-corrected chi connectivity index (χ0v) is 18.1. The Bertz CT molecular complexity index is 1170. The lowest BCUT2D eigenvalue weighted by Crippen LogP contribution is -2.30. The largest absolute Gasteiger partial charge is 0.486 e. The van der Waals surface area contributed by atoms with Gasteiger partial charge in [-0.2, -0.15) is 0 Å². The van der Waals surface area contributed by atoms with Crippen LogP contribution in [0.2, 0.25) is 0 Å². The molecule has 5 rings (SSSR count). The summed E-state index contributed by atoms with van der Waals surface area (Å²) in [6.45, 7) is 1.42. The summed E-state index contributed by atoms with van der Waals surface area (Å²) in [5, 5.41) is 0.615. The molecule has 0 N–H and O–H groups in total. The van der Waals surface area contributed by atoms with Crippen molar-refractivity contribution in [3.05, 3.63) is 76.5 Å². The summed E-state index contributed by atoms with van der Waals surface area (Å²) in [7, 11) is 0. The molecule has 1 aliphatic rings. The van der Waals surface area contributed by atoms with Crippen LogP contribution < -0.4 is 14.4 Å². The molecule has 0 radical (unpaired) electrons. The number of aromatic nitrogens is 2. The van der Waals surface area contributed by atoms with Gasteiger partial charge < -0.3 is 9.47 Å². The van der Waals surface area contributed by atoms with E-state index in [2.05, 4.69) is 20.9 Å². The third kappa shape index (κ3) is 3.76. The van der Waals surface area contributed by atoms with Crippen molar-refractivity contribution in [1.82, 2.24) is 9.97 Å². The highest BCUT2D eigenvalue weighted by Gasteiger charge is 2.23. The lowest BCUT2D eigenvalue weighted by molar-refractivity contribution is 0.0985. The van der Waals surface area contributed by atoms with Crippen molar-refractivity contribution in [1.29, 1.82) is 0 Å². The molecule has 0 fully saturated rings. The summed E-state index contributed by atoms with van der Waals surface area (Å²) in [4.78, 5) is 24.0. The van der Waals surface area contributed by atoms with Gasteiger partial charge in [0.05, 0.1) is 16.8 Å². The van der Waals surface area contributed by atoms with Gasteiger partial charge in [0.2, 0.25) is 0 Å². The number of fused-ring (bicyclic) bond motifs is 2. The Morgan fingerprint density at radius 3 is 2.60 bits per heavy atom. The number of hydrogen-bond acceptors (Lipinski definition) is 6. The average molecular weight is 482 g/mol. The quantitative estimate of drug-likeness (QED) is 0.407. The molecule has 0 saturated heterocycles. The maximum Gasteiger partial charge on any atom is 0.260 e. The Kier molecular flexibility index (Phi) is 5.10. The molecular formula is C22H16BrN3O3S. The van der Waals surface area contributed by atoms with E-state index in [9.17, 15) is 4.79 Å². The molecule has 150 valence electrons. The fourth-order valence-corrected chi connectivity index (χ4v) is 4.45. The van der Waals surface area contributed by atoms with Crippen LogP contribution in [-0.2, 0) is 6.54 Å². The first-order valence-electron chi connectivity index (χ1n) is 9.34. The zero-order chi connectivity index (χ0) is 20.5. The maximum absolute atomic E-state index is 13.4. The molecule has 6 nitrogen and oxygen atoms in total. The summed E-state index contributed by atoms with van der Waals surface area (Å²) in [6, 6.07) is 14.9. The van der Waals surface area contributed by atoms with Crippen LogP contribution in [0.25, 0.3) is 10.2 Å². The summed E-state index contributed by atoms with van der Waals surface area (Å²) >= 11 is 4.87. The van der Waals surface area contributed by atoms with Gasteiger partial charge in [-0.05, 0) is 35.9 Å². The number of carbonyl (C=O) groups is 1. The second-order valence-electron chi connectivity index (χ2n) is 6.72. The van der Waals surface area contributed by atoms with E-state index in [4.69, 9.17) is 14.5 Å². The third-order valence-electron chi connectivity index (χ3n) is 4.67. The van der Waals surface area contributed by atoms with Crippen LogP contribution in [0, 0.1) is 0 Å². The molecule has 0 bridgehead atoms. The Morgan fingerprint density at radius 1 is 1.10 bits per heavy atom. The number of benzene rings is 2. The van der Waals surface area contributed by atoms with Crippen molar-refractivity contribution in [2.45, 2.75) is 6.54 Å². The van der Waals surface area contributed by atoms with Crippen molar-refractivity contribution in [3.63, 3.8) is 0 Å². The monoisotopic (exact) mass is 481 g/mol. The first-order chi connectivity index (χ1) is 14.7. The van der Waals surface area contributed by atoms with E-state index >= 15 is 0 Å². The highest BCUT2D eigenvalue weighted by atomic mass is 79.9. The van der Waals surface area contributed by atoms with Crippen molar-refractivity contribution >= 4 is 48.5 Å². The minimum atomic E-state index is -0.123. The number of amides is 1. The number of thiazole rings is 1. The van der Waals surface area contributed by atoms with Crippen molar-refractivity contribution in [2.75, 3.05) is 18.1 Å². The van der Waals surface area contributed by atoms with Gasteiger partial charge in [-0.15, -0.1) is 0 Å². The van der Waals surface area contributed by atoms with Gasteiger partial charge in [0, 0.05) is 34.6 Å². The van der Waals surface area contributed by atoms with Gasteiger partial charge >= 0.3 is 0 Å². The van der Waals surface area contributed by atoms with Gasteiger partial charge in [-0.1, -0.05) is 33.3 Å². The third-order valence-corrected chi connectivity index (χ3v) is 6.24. The minimum absolute atomic E-state index is 0.123. The molecule has 0 unspecified atom stereocenters. The number of hydrogen-bond donors (Lipinski definition) is 0. The maximum atomic E-state index is 13.4. The van der Waals surface area contributed by atoms with Crippen LogP contribution in [0.1, 0.15) is 15.9 Å². The van der Waals surface area contributed by atoms with E-state index in [1.54, 1.807) is 29.4 Å². The molecule has 1 aliphatic heterocycles. The molecule has 0 saturated carbocycles. The van der Waals surface area contributed by atoms with Gasteiger partial charge in [0.1, 0.15) is 13.2 Å². The number of ether oxygens (including phenoxy) is 2. The van der Waals surface area contributed by atoms with Crippen molar-refractivity contribution < 1.29 is 14.3 Å². The summed E-state index contributed by atoms with van der Waals surface area (Å²) < 4.78 is 13.2. The molecule has 1 amide bonds. The fourth-order valence-electron chi connectivity index (χ4n) is 3.22. The van der Waals surface area contributed by atoms with E-state index < -0.39 is 0 Å². The smallest absolute Gasteiger partial charge is 0.260 e. The van der Waals surface area contributed by atoms with E-state index in [0.717, 1.165) is 20.3 Å². The SMILES string of the molecule is O=C(c1ccc(Br)cc1)N(Cc1cccnc1)c1nc2cc3c(cc2s1)OCCO3. The minimum Gasteiger partial charge on any atom is -0.486 e. The zero-order valence-electron chi connectivity index (χ0n) is 15.7. The Hall–Kier alpha value is -2.97. The fraction of sp³-hybridized carbons (Fsp3) is 0.136.